The van der Waals surface area contributed by atoms with Crippen LogP contribution in [-0.2, 0) is 20.9 Å². The minimum atomic E-state index is -0.612. The lowest BCUT2D eigenvalue weighted by atomic mass is 10.1. The van der Waals surface area contributed by atoms with E-state index in [-0.39, 0.29) is 12.2 Å². The second-order valence-electron chi connectivity index (χ2n) is 7.51. The first-order chi connectivity index (χ1) is 14.4. The normalized spacial score (nSPS) is 17.0. The molecule has 2 aliphatic rings. The molecule has 8 nitrogen and oxygen atoms in total. The van der Waals surface area contributed by atoms with Gasteiger partial charge in [-0.2, -0.15) is 0 Å². The van der Waals surface area contributed by atoms with Crippen molar-refractivity contribution in [1.29, 1.82) is 0 Å². The average molecular weight is 414 g/mol. The molecule has 9 heteroatoms. The van der Waals surface area contributed by atoms with Gasteiger partial charge in [-0.15, -0.1) is 0 Å². The van der Waals surface area contributed by atoms with Crippen molar-refractivity contribution in [3.05, 3.63) is 54.0 Å². The van der Waals surface area contributed by atoms with Crippen molar-refractivity contribution in [1.82, 2.24) is 9.97 Å². The summed E-state index contributed by atoms with van der Waals surface area (Å²) >= 11 is 0. The maximum atomic E-state index is 14.4. The molecule has 2 aromatic rings. The van der Waals surface area contributed by atoms with Crippen LogP contribution < -0.4 is 4.90 Å². The highest BCUT2D eigenvalue weighted by Crippen LogP contribution is 2.27. The highest BCUT2D eigenvalue weighted by Gasteiger charge is 2.28. The third-order valence-electron chi connectivity index (χ3n) is 4.71. The van der Waals surface area contributed by atoms with E-state index in [0.29, 0.717) is 43.2 Å². The van der Waals surface area contributed by atoms with Gasteiger partial charge in [0.2, 0.25) is 11.7 Å². The van der Waals surface area contributed by atoms with E-state index in [1.807, 2.05) is 18.7 Å². The van der Waals surface area contributed by atoms with Crippen LogP contribution in [0.2, 0.25) is 0 Å². The van der Waals surface area contributed by atoms with E-state index in [0.717, 1.165) is 11.5 Å². The fourth-order valence-corrected chi connectivity index (χ4v) is 3.11. The number of nitrogens with zero attached hydrogens (tertiary/aromatic N) is 4. The van der Waals surface area contributed by atoms with Crippen LogP contribution in [0.25, 0.3) is 11.1 Å². The number of hydrogen-bond acceptors (Lipinski definition) is 8. The molecule has 0 amide bonds. The van der Waals surface area contributed by atoms with Gasteiger partial charge >= 0.3 is 0 Å². The summed E-state index contributed by atoms with van der Waals surface area (Å²) in [5.74, 6) is 0.213. The molecule has 1 aromatic carbocycles. The molecule has 0 saturated carbocycles. The zero-order chi connectivity index (χ0) is 21.1. The zero-order valence-electron chi connectivity index (χ0n) is 16.8. The van der Waals surface area contributed by atoms with Gasteiger partial charge in [-0.25, -0.2) is 14.4 Å². The molecule has 4 rings (SSSR count). The molecule has 1 fully saturated rings. The number of benzene rings is 1. The van der Waals surface area contributed by atoms with Crippen molar-refractivity contribution in [2.24, 2.45) is 5.16 Å². The Labute approximate surface area is 173 Å². The van der Waals surface area contributed by atoms with Gasteiger partial charge in [0.05, 0.1) is 25.4 Å². The molecule has 0 aliphatic carbocycles. The molecule has 0 bridgehead atoms. The van der Waals surface area contributed by atoms with E-state index in [1.54, 1.807) is 36.9 Å². The molecule has 1 saturated heterocycles. The maximum Gasteiger partial charge on any atom is 0.244 e. The molecule has 1 N–H and O–H groups in total. The average Bonchev–Trinajstić information content (AvgIpc) is 3.05. The van der Waals surface area contributed by atoms with Crippen molar-refractivity contribution in [2.45, 2.75) is 32.7 Å². The van der Waals surface area contributed by atoms with Gasteiger partial charge in [-0.05, 0) is 0 Å². The van der Waals surface area contributed by atoms with Gasteiger partial charge in [-0.3, -0.25) is 0 Å². The largest absolute Gasteiger partial charge is 0.457 e. The Morgan fingerprint density at radius 1 is 1.27 bits per heavy atom. The van der Waals surface area contributed by atoms with Crippen LogP contribution in [0.1, 0.15) is 25.8 Å². The van der Waals surface area contributed by atoms with Gasteiger partial charge in [0.15, 0.2) is 0 Å². The second kappa shape index (κ2) is 8.27. The Bertz CT molecular complexity index is 967. The van der Waals surface area contributed by atoms with E-state index in [2.05, 4.69) is 15.1 Å². The lowest BCUT2D eigenvalue weighted by Crippen LogP contribution is -2.48. The quantitative estimate of drug-likeness (QED) is 0.550. The van der Waals surface area contributed by atoms with Crippen molar-refractivity contribution in [3.8, 4) is 11.1 Å². The number of aliphatic hydroxyl groups excluding tert-OH is 1. The molecule has 158 valence electrons. The van der Waals surface area contributed by atoms with Crippen LogP contribution in [0.5, 0.6) is 0 Å². The minimum Gasteiger partial charge on any atom is -0.457 e. The molecule has 0 unspecified atom stereocenters. The number of aliphatic hydroxyl groups is 1. The molecule has 3 heterocycles. The highest BCUT2D eigenvalue weighted by molar-refractivity contribution is 5.98. The first kappa shape index (κ1) is 20.1. The first-order valence-corrected chi connectivity index (χ1v) is 9.64. The molecule has 0 radical (unpaired) electrons. The zero-order valence-corrected chi connectivity index (χ0v) is 16.8. The number of aromatic nitrogens is 2. The van der Waals surface area contributed by atoms with E-state index < -0.39 is 11.6 Å². The Balaban J connectivity index is 1.26. The Morgan fingerprint density at radius 2 is 2.03 bits per heavy atom. The highest BCUT2D eigenvalue weighted by atomic mass is 19.1. The number of halogens is 1. The number of ether oxygens (including phenoxy) is 2. The van der Waals surface area contributed by atoms with E-state index in [4.69, 9.17) is 14.3 Å². The van der Waals surface area contributed by atoms with Crippen LogP contribution >= 0.6 is 0 Å². The summed E-state index contributed by atoms with van der Waals surface area (Å²) in [6, 6.07) is 4.88. The van der Waals surface area contributed by atoms with Crippen LogP contribution in [0, 0.1) is 5.82 Å². The second-order valence-corrected chi connectivity index (χ2v) is 7.51. The van der Waals surface area contributed by atoms with E-state index in [1.165, 1.54) is 0 Å². The van der Waals surface area contributed by atoms with Crippen LogP contribution in [-0.4, -0.2) is 46.3 Å². The molecule has 0 spiro atoms. The van der Waals surface area contributed by atoms with Crippen LogP contribution in [0.4, 0.5) is 10.3 Å². The van der Waals surface area contributed by atoms with Crippen molar-refractivity contribution < 1.29 is 23.8 Å². The van der Waals surface area contributed by atoms with Gasteiger partial charge in [0.1, 0.15) is 24.4 Å². The summed E-state index contributed by atoms with van der Waals surface area (Å²) in [6.07, 6.45) is 5.34. The van der Waals surface area contributed by atoms with Crippen molar-refractivity contribution in [3.63, 3.8) is 0 Å². The maximum absolute atomic E-state index is 14.4. The topological polar surface area (TPSA) is 89.3 Å². The summed E-state index contributed by atoms with van der Waals surface area (Å²) in [5.41, 5.74) is 2.05. The summed E-state index contributed by atoms with van der Waals surface area (Å²) in [6.45, 7) is 4.88. The van der Waals surface area contributed by atoms with Crippen LogP contribution in [0.3, 0.4) is 0 Å². The summed E-state index contributed by atoms with van der Waals surface area (Å²) in [7, 11) is 0. The number of anilines is 1. The first-order valence-electron chi connectivity index (χ1n) is 9.64. The van der Waals surface area contributed by atoms with E-state index in [9.17, 15) is 9.50 Å². The third-order valence-corrected chi connectivity index (χ3v) is 4.71. The predicted molar refractivity (Wildman–Crippen MR) is 108 cm³/mol. The number of hydrogen-bond donors (Lipinski definition) is 1. The Morgan fingerprint density at radius 3 is 2.70 bits per heavy atom. The standard InChI is InChI=1S/C21H23FN4O4/c1-21(2)28-13-17(30-21)6-7-29-25-16-10-26(11-16)20-23-8-15(9-24-20)18-5-3-4-14(12-27)19(18)22/h3-5,8-9,13,27H,6-7,10-12H2,1-2H3. The predicted octanol–water partition coefficient (Wildman–Crippen LogP) is 2.98. The van der Waals surface area contributed by atoms with Crippen molar-refractivity contribution >= 4 is 11.7 Å². The van der Waals surface area contributed by atoms with Crippen molar-refractivity contribution in [2.75, 3.05) is 24.6 Å². The lowest BCUT2D eigenvalue weighted by molar-refractivity contribution is -0.118. The SMILES string of the molecule is CC1(C)OC=C(CCON=C2CN(c3ncc(-c4cccc(CO)c4F)cn3)C2)O1. The number of rotatable bonds is 7. The monoisotopic (exact) mass is 414 g/mol. The molecule has 2 aliphatic heterocycles. The van der Waals surface area contributed by atoms with Gasteiger partial charge in [-0.1, -0.05) is 23.4 Å². The van der Waals surface area contributed by atoms with Crippen LogP contribution in [0.15, 0.2) is 47.8 Å². The fourth-order valence-electron chi connectivity index (χ4n) is 3.11. The summed E-state index contributed by atoms with van der Waals surface area (Å²) in [4.78, 5) is 15.9. The molecular weight excluding hydrogens is 391 g/mol. The summed E-state index contributed by atoms with van der Waals surface area (Å²) in [5, 5.41) is 13.3. The number of oxime groups is 1. The summed E-state index contributed by atoms with van der Waals surface area (Å²) < 4.78 is 25.3. The smallest absolute Gasteiger partial charge is 0.244 e. The fraction of sp³-hybridized carbons (Fsp3) is 0.381. The third kappa shape index (κ3) is 4.35. The van der Waals surface area contributed by atoms with Gasteiger partial charge in [0, 0.05) is 49.4 Å². The minimum absolute atomic E-state index is 0.243. The molecule has 30 heavy (non-hydrogen) atoms. The molecule has 0 atom stereocenters. The van der Waals surface area contributed by atoms with E-state index >= 15 is 0 Å². The molecule has 1 aromatic heterocycles. The lowest BCUT2D eigenvalue weighted by Gasteiger charge is -2.31. The molecular formula is C21H23FN4O4. The Hall–Kier alpha value is -3.20. The Kier molecular flexibility index (Phi) is 5.54. The van der Waals surface area contributed by atoms with Gasteiger partial charge < -0.3 is 24.3 Å². The van der Waals surface area contributed by atoms with Gasteiger partial charge in [0.25, 0.3) is 0 Å².